The molecule has 2 aromatic carbocycles. The summed E-state index contributed by atoms with van der Waals surface area (Å²) in [4.78, 5) is 15.8. The number of aliphatic carboxylic acids is 1. The number of hydrogen-bond acceptors (Lipinski definition) is 5. The highest BCUT2D eigenvalue weighted by Crippen LogP contribution is 2.38. The first-order valence-corrected chi connectivity index (χ1v) is 10.4. The molecule has 28 heavy (non-hydrogen) atoms. The van der Waals surface area contributed by atoms with Crippen molar-refractivity contribution in [2.75, 3.05) is 13.7 Å². The fourth-order valence-corrected chi connectivity index (χ4v) is 4.46. The Balaban J connectivity index is 2.06. The molecule has 0 aliphatic rings. The van der Waals surface area contributed by atoms with Gasteiger partial charge >= 0.3 is 5.97 Å². The number of nitrogens with zero attached hydrogens (tertiary/aromatic N) is 1. The Hall–Kier alpha value is -2.38. The van der Waals surface area contributed by atoms with Crippen molar-refractivity contribution in [1.29, 1.82) is 0 Å². The van der Waals surface area contributed by atoms with Crippen molar-refractivity contribution in [3.63, 3.8) is 0 Å². The topological polar surface area (TPSA) is 68.7 Å². The summed E-state index contributed by atoms with van der Waals surface area (Å²) in [5.41, 5.74) is 2.67. The third kappa shape index (κ3) is 4.72. The molecule has 3 aromatic rings. The quantitative estimate of drug-likeness (QED) is 0.453. The van der Waals surface area contributed by atoms with E-state index in [0.29, 0.717) is 24.5 Å². The van der Waals surface area contributed by atoms with Crippen LogP contribution in [0.2, 0.25) is 0 Å². The Kier molecular flexibility index (Phi) is 6.70. The second kappa shape index (κ2) is 9.21. The average molecular weight is 462 g/mol. The minimum Gasteiger partial charge on any atom is -0.492 e. The van der Waals surface area contributed by atoms with Crippen molar-refractivity contribution >= 4 is 55.1 Å². The van der Waals surface area contributed by atoms with Crippen molar-refractivity contribution in [3.8, 4) is 11.5 Å². The van der Waals surface area contributed by atoms with Gasteiger partial charge in [-0.1, -0.05) is 12.1 Å². The van der Waals surface area contributed by atoms with E-state index in [9.17, 15) is 4.79 Å². The van der Waals surface area contributed by atoms with Gasteiger partial charge in [0.2, 0.25) is 0 Å². The minimum absolute atomic E-state index is 0.0391. The van der Waals surface area contributed by atoms with Crippen LogP contribution in [-0.4, -0.2) is 29.8 Å². The van der Waals surface area contributed by atoms with Crippen LogP contribution >= 0.6 is 27.3 Å². The van der Waals surface area contributed by atoms with Gasteiger partial charge in [-0.05, 0) is 70.8 Å². The van der Waals surface area contributed by atoms with E-state index in [1.807, 2.05) is 49.4 Å². The number of halogens is 1. The van der Waals surface area contributed by atoms with E-state index >= 15 is 0 Å². The van der Waals surface area contributed by atoms with Gasteiger partial charge in [-0.15, -0.1) is 11.3 Å². The first kappa shape index (κ1) is 20.4. The van der Waals surface area contributed by atoms with Gasteiger partial charge in [-0.2, -0.15) is 0 Å². The lowest BCUT2D eigenvalue weighted by Crippen LogP contribution is -1.98. The van der Waals surface area contributed by atoms with Crippen LogP contribution in [-0.2, 0) is 4.79 Å². The summed E-state index contributed by atoms with van der Waals surface area (Å²) in [7, 11) is 1.59. The molecule has 0 unspecified atom stereocenters. The van der Waals surface area contributed by atoms with Gasteiger partial charge < -0.3 is 14.6 Å². The fourth-order valence-electron chi connectivity index (χ4n) is 2.83. The third-order valence-corrected chi connectivity index (χ3v) is 5.75. The summed E-state index contributed by atoms with van der Waals surface area (Å²) < 4.78 is 12.9. The summed E-state index contributed by atoms with van der Waals surface area (Å²) in [6, 6.07) is 11.7. The summed E-state index contributed by atoms with van der Waals surface area (Å²) in [6.45, 7) is 2.43. The number of benzene rings is 2. The molecule has 0 aliphatic carbocycles. The van der Waals surface area contributed by atoms with Crippen LogP contribution < -0.4 is 9.47 Å². The van der Waals surface area contributed by atoms with Gasteiger partial charge in [0, 0.05) is 6.42 Å². The van der Waals surface area contributed by atoms with Gasteiger partial charge in [-0.25, -0.2) is 4.98 Å². The monoisotopic (exact) mass is 461 g/mol. The molecule has 0 atom stereocenters. The zero-order chi connectivity index (χ0) is 20.1. The first-order valence-electron chi connectivity index (χ1n) is 8.80. The maximum absolute atomic E-state index is 11.1. The van der Waals surface area contributed by atoms with E-state index in [2.05, 4.69) is 15.9 Å². The van der Waals surface area contributed by atoms with Crippen LogP contribution in [0, 0.1) is 0 Å². The highest BCUT2D eigenvalue weighted by Gasteiger charge is 2.14. The number of allylic oxidation sites excluding steroid dienone is 1. The lowest BCUT2D eigenvalue weighted by Gasteiger charge is -2.12. The predicted octanol–water partition coefficient (Wildman–Crippen LogP) is 5.87. The van der Waals surface area contributed by atoms with E-state index in [1.165, 1.54) is 0 Å². The Morgan fingerprint density at radius 3 is 2.75 bits per heavy atom. The van der Waals surface area contributed by atoms with Crippen molar-refractivity contribution in [1.82, 2.24) is 4.98 Å². The Bertz CT molecular complexity index is 995. The number of thiazole rings is 1. The number of methoxy groups -OCH3 is 1. The second-order valence-corrected chi connectivity index (χ2v) is 7.90. The SMILES string of the molecule is CCOc1cc(C=C(CCC(=O)O)c2nc3ccccc3s2)cc(Br)c1OC. The molecule has 0 bridgehead atoms. The van der Waals surface area contributed by atoms with Crippen LogP contribution in [0.25, 0.3) is 21.9 Å². The molecule has 146 valence electrons. The number of carbonyl (C=O) groups is 1. The standard InChI is InChI=1S/C21H20BrNO4S/c1-3-27-17-12-13(11-15(22)20(17)26-2)10-14(8-9-19(24)25)21-23-16-6-4-5-7-18(16)28-21/h4-7,10-12H,3,8-9H2,1-2H3,(H,24,25). The summed E-state index contributed by atoms with van der Waals surface area (Å²) >= 11 is 5.09. The molecular weight excluding hydrogens is 442 g/mol. The van der Waals surface area contributed by atoms with Crippen molar-refractivity contribution in [2.45, 2.75) is 19.8 Å². The molecule has 7 heteroatoms. The molecule has 0 saturated carbocycles. The normalized spacial score (nSPS) is 11.6. The molecule has 1 heterocycles. The first-order chi connectivity index (χ1) is 13.5. The molecule has 5 nitrogen and oxygen atoms in total. The van der Waals surface area contributed by atoms with Gasteiger partial charge in [0.15, 0.2) is 11.5 Å². The molecule has 1 N–H and O–H groups in total. The number of fused-ring (bicyclic) bond motifs is 1. The molecular formula is C21H20BrNO4S. The van der Waals surface area contributed by atoms with Gasteiger partial charge in [0.1, 0.15) is 5.01 Å². The van der Waals surface area contributed by atoms with E-state index in [0.717, 1.165) is 30.8 Å². The largest absolute Gasteiger partial charge is 0.492 e. The molecule has 1 aromatic heterocycles. The molecule has 0 amide bonds. The highest BCUT2D eigenvalue weighted by atomic mass is 79.9. The Labute approximate surface area is 175 Å². The molecule has 0 spiro atoms. The third-order valence-electron chi connectivity index (χ3n) is 4.05. The van der Waals surface area contributed by atoms with Gasteiger partial charge in [-0.3, -0.25) is 4.79 Å². The molecule has 0 saturated heterocycles. The van der Waals surface area contributed by atoms with E-state index < -0.39 is 5.97 Å². The Morgan fingerprint density at radius 1 is 1.29 bits per heavy atom. The van der Waals surface area contributed by atoms with E-state index in [4.69, 9.17) is 19.6 Å². The number of carboxylic acid groups (broad SMARTS) is 1. The molecule has 3 rings (SSSR count). The number of para-hydroxylation sites is 1. The highest BCUT2D eigenvalue weighted by molar-refractivity contribution is 9.10. The predicted molar refractivity (Wildman–Crippen MR) is 116 cm³/mol. The number of aromatic nitrogens is 1. The lowest BCUT2D eigenvalue weighted by molar-refractivity contribution is -0.136. The van der Waals surface area contributed by atoms with Gasteiger partial charge in [0.25, 0.3) is 0 Å². The summed E-state index contributed by atoms with van der Waals surface area (Å²) in [5, 5.41) is 9.98. The maximum atomic E-state index is 11.1. The number of carboxylic acids is 1. The number of ether oxygens (including phenoxy) is 2. The fraction of sp³-hybridized carbons (Fsp3) is 0.238. The zero-order valence-corrected chi connectivity index (χ0v) is 18.0. The summed E-state index contributed by atoms with van der Waals surface area (Å²) in [5.74, 6) is 0.427. The number of rotatable bonds is 8. The van der Waals surface area contributed by atoms with E-state index in [1.54, 1.807) is 18.4 Å². The number of hydrogen-bond donors (Lipinski definition) is 1. The van der Waals surface area contributed by atoms with Crippen LogP contribution in [0.15, 0.2) is 40.9 Å². The van der Waals surface area contributed by atoms with Crippen molar-refractivity contribution < 1.29 is 19.4 Å². The van der Waals surface area contributed by atoms with Crippen LogP contribution in [0.5, 0.6) is 11.5 Å². The van der Waals surface area contributed by atoms with Crippen LogP contribution in [0.1, 0.15) is 30.3 Å². The molecule has 0 aliphatic heterocycles. The second-order valence-electron chi connectivity index (χ2n) is 6.02. The van der Waals surface area contributed by atoms with Crippen molar-refractivity contribution in [2.24, 2.45) is 0 Å². The Morgan fingerprint density at radius 2 is 2.07 bits per heavy atom. The smallest absolute Gasteiger partial charge is 0.303 e. The lowest BCUT2D eigenvalue weighted by atomic mass is 10.1. The maximum Gasteiger partial charge on any atom is 0.303 e. The van der Waals surface area contributed by atoms with E-state index in [-0.39, 0.29) is 6.42 Å². The van der Waals surface area contributed by atoms with Gasteiger partial charge in [0.05, 0.1) is 28.4 Å². The molecule has 0 radical (unpaired) electrons. The summed E-state index contributed by atoms with van der Waals surface area (Å²) in [6.07, 6.45) is 2.40. The minimum atomic E-state index is -0.835. The molecule has 0 fully saturated rings. The van der Waals surface area contributed by atoms with Crippen LogP contribution in [0.3, 0.4) is 0 Å². The zero-order valence-electron chi connectivity index (χ0n) is 15.6. The average Bonchev–Trinajstić information content (AvgIpc) is 3.09. The van der Waals surface area contributed by atoms with Crippen LogP contribution in [0.4, 0.5) is 0 Å². The van der Waals surface area contributed by atoms with Crippen molar-refractivity contribution in [3.05, 3.63) is 51.4 Å².